The lowest BCUT2D eigenvalue weighted by Gasteiger charge is -2.09. The van der Waals surface area contributed by atoms with E-state index in [2.05, 4.69) is 15.5 Å². The Morgan fingerprint density at radius 3 is 2.37 bits per heavy atom. The first-order valence-corrected chi connectivity index (χ1v) is 7.66. The van der Waals surface area contributed by atoms with E-state index in [1.807, 2.05) is 0 Å². The molecule has 2 N–H and O–H groups in total. The Hall–Kier alpha value is -3.23. The monoisotopic (exact) mass is 381 g/mol. The molecule has 1 amide bonds. The van der Waals surface area contributed by atoms with E-state index in [9.17, 15) is 26.7 Å². The number of carbonyl (C=O) groups excluding carboxylic acids is 1. The lowest BCUT2D eigenvalue weighted by Crippen LogP contribution is -2.14. The number of halogens is 5. The number of H-pyrrole nitrogens is 1. The number of benzene rings is 2. The molecule has 0 unspecified atom stereocenters. The molecule has 0 aliphatic rings. The third-order valence-corrected chi connectivity index (χ3v) is 3.90. The highest BCUT2D eigenvalue weighted by Crippen LogP contribution is 2.35. The summed E-state index contributed by atoms with van der Waals surface area (Å²) in [5, 5.41) is 7.70. The second-order valence-corrected chi connectivity index (χ2v) is 5.70. The number of aromatic amines is 1. The van der Waals surface area contributed by atoms with Gasteiger partial charge < -0.3 is 5.32 Å². The first-order chi connectivity index (χ1) is 12.7. The fourth-order valence-corrected chi connectivity index (χ4v) is 2.56. The number of amides is 1. The Morgan fingerprint density at radius 2 is 1.78 bits per heavy atom. The molecule has 27 heavy (non-hydrogen) atoms. The summed E-state index contributed by atoms with van der Waals surface area (Å²) in [5.74, 6) is -2.50. The van der Waals surface area contributed by atoms with Crippen LogP contribution in [0.25, 0.3) is 11.3 Å². The SMILES string of the molecule is Cc1c(C(F)(F)F)n[nH]c1-c1ccc(NC(=O)c2ccccc2F)c(F)c1. The average Bonchev–Trinajstić information content (AvgIpc) is 2.99. The number of aromatic nitrogens is 2. The van der Waals surface area contributed by atoms with Crippen LogP contribution in [0.5, 0.6) is 0 Å². The Bertz CT molecular complexity index is 1010. The van der Waals surface area contributed by atoms with Gasteiger partial charge in [0.1, 0.15) is 11.6 Å². The van der Waals surface area contributed by atoms with Crippen LogP contribution in [-0.2, 0) is 6.18 Å². The van der Waals surface area contributed by atoms with Gasteiger partial charge in [-0.25, -0.2) is 8.78 Å². The van der Waals surface area contributed by atoms with Crippen LogP contribution in [0.1, 0.15) is 21.6 Å². The van der Waals surface area contributed by atoms with Gasteiger partial charge in [-0.1, -0.05) is 18.2 Å². The van der Waals surface area contributed by atoms with Gasteiger partial charge in [-0.2, -0.15) is 18.3 Å². The van der Waals surface area contributed by atoms with Crippen molar-refractivity contribution < 1.29 is 26.7 Å². The van der Waals surface area contributed by atoms with Crippen molar-refractivity contribution in [2.24, 2.45) is 0 Å². The van der Waals surface area contributed by atoms with Crippen LogP contribution >= 0.6 is 0 Å². The van der Waals surface area contributed by atoms with Crippen molar-refractivity contribution in [3.63, 3.8) is 0 Å². The summed E-state index contributed by atoms with van der Waals surface area (Å²) in [6.07, 6.45) is -4.63. The van der Waals surface area contributed by atoms with E-state index < -0.39 is 29.4 Å². The predicted molar refractivity (Wildman–Crippen MR) is 88.1 cm³/mol. The van der Waals surface area contributed by atoms with Gasteiger partial charge in [0, 0.05) is 11.1 Å². The molecule has 0 saturated carbocycles. The second kappa shape index (κ2) is 6.82. The molecule has 2 aromatic carbocycles. The summed E-state index contributed by atoms with van der Waals surface area (Å²) in [6.45, 7) is 1.22. The van der Waals surface area contributed by atoms with Gasteiger partial charge in [0.2, 0.25) is 0 Å². The number of hydrogen-bond donors (Lipinski definition) is 2. The molecule has 0 aliphatic carbocycles. The van der Waals surface area contributed by atoms with Crippen molar-refractivity contribution in [1.82, 2.24) is 10.2 Å². The molecule has 1 heterocycles. The van der Waals surface area contributed by atoms with Crippen LogP contribution in [-0.4, -0.2) is 16.1 Å². The molecule has 0 aliphatic heterocycles. The number of nitrogens with one attached hydrogen (secondary N) is 2. The molecule has 0 atom stereocenters. The van der Waals surface area contributed by atoms with Gasteiger partial charge in [-0.05, 0) is 31.2 Å². The number of carbonyl (C=O) groups is 1. The zero-order chi connectivity index (χ0) is 19.8. The van der Waals surface area contributed by atoms with E-state index in [-0.39, 0.29) is 28.1 Å². The van der Waals surface area contributed by atoms with Crippen molar-refractivity contribution in [3.8, 4) is 11.3 Å². The Labute approximate surface area is 150 Å². The summed E-state index contributed by atoms with van der Waals surface area (Å²) >= 11 is 0. The van der Waals surface area contributed by atoms with Gasteiger partial charge in [-0.3, -0.25) is 9.89 Å². The minimum atomic E-state index is -4.63. The summed E-state index contributed by atoms with van der Waals surface area (Å²) in [5.41, 5.74) is -1.63. The van der Waals surface area contributed by atoms with Gasteiger partial charge >= 0.3 is 6.18 Å². The van der Waals surface area contributed by atoms with Crippen molar-refractivity contribution >= 4 is 11.6 Å². The molecule has 3 aromatic rings. The Balaban J connectivity index is 1.88. The molecular weight excluding hydrogens is 369 g/mol. The second-order valence-electron chi connectivity index (χ2n) is 5.70. The van der Waals surface area contributed by atoms with E-state index in [1.54, 1.807) is 0 Å². The highest BCUT2D eigenvalue weighted by atomic mass is 19.4. The minimum Gasteiger partial charge on any atom is -0.319 e. The maximum absolute atomic E-state index is 14.3. The van der Waals surface area contributed by atoms with Gasteiger partial charge in [0.05, 0.1) is 16.9 Å². The van der Waals surface area contributed by atoms with Crippen molar-refractivity contribution in [2.75, 3.05) is 5.32 Å². The maximum Gasteiger partial charge on any atom is 0.435 e. The topological polar surface area (TPSA) is 57.8 Å². The normalized spacial score (nSPS) is 11.5. The van der Waals surface area contributed by atoms with Crippen LogP contribution in [0.2, 0.25) is 0 Å². The number of alkyl halides is 3. The predicted octanol–water partition coefficient (Wildman–Crippen LogP) is 4.93. The highest BCUT2D eigenvalue weighted by Gasteiger charge is 2.36. The van der Waals surface area contributed by atoms with Crippen LogP contribution < -0.4 is 5.32 Å². The smallest absolute Gasteiger partial charge is 0.319 e. The minimum absolute atomic E-state index is 0.00760. The molecular formula is C18H12F5N3O. The summed E-state index contributed by atoms with van der Waals surface area (Å²) in [6, 6.07) is 8.65. The van der Waals surface area contributed by atoms with Crippen LogP contribution in [0.15, 0.2) is 42.5 Å². The van der Waals surface area contributed by atoms with Gasteiger partial charge in [0.15, 0.2) is 5.69 Å². The molecule has 0 bridgehead atoms. The van der Waals surface area contributed by atoms with Crippen molar-refractivity contribution in [1.29, 1.82) is 0 Å². The largest absolute Gasteiger partial charge is 0.435 e. The number of anilines is 1. The summed E-state index contributed by atoms with van der Waals surface area (Å²) in [4.78, 5) is 12.1. The number of nitrogens with zero attached hydrogens (tertiary/aromatic N) is 1. The number of rotatable bonds is 3. The molecule has 3 rings (SSSR count). The van der Waals surface area contributed by atoms with Crippen LogP contribution in [0, 0.1) is 18.6 Å². The highest BCUT2D eigenvalue weighted by molar-refractivity contribution is 6.04. The van der Waals surface area contributed by atoms with E-state index in [0.717, 1.165) is 12.1 Å². The van der Waals surface area contributed by atoms with Crippen LogP contribution in [0.3, 0.4) is 0 Å². The number of hydrogen-bond acceptors (Lipinski definition) is 2. The lowest BCUT2D eigenvalue weighted by atomic mass is 10.1. The van der Waals surface area contributed by atoms with E-state index >= 15 is 0 Å². The molecule has 4 nitrogen and oxygen atoms in total. The molecule has 9 heteroatoms. The van der Waals surface area contributed by atoms with E-state index in [4.69, 9.17) is 0 Å². The van der Waals surface area contributed by atoms with Crippen molar-refractivity contribution in [3.05, 3.63) is 70.9 Å². The van der Waals surface area contributed by atoms with Crippen molar-refractivity contribution in [2.45, 2.75) is 13.1 Å². The zero-order valence-electron chi connectivity index (χ0n) is 13.8. The summed E-state index contributed by atoms with van der Waals surface area (Å²) < 4.78 is 66.4. The average molecular weight is 381 g/mol. The molecule has 0 radical (unpaired) electrons. The third kappa shape index (κ3) is 3.67. The molecule has 0 spiro atoms. The first-order valence-electron chi connectivity index (χ1n) is 7.66. The fraction of sp³-hybridized carbons (Fsp3) is 0.111. The standard InChI is InChI=1S/C18H12F5N3O/c1-9-15(25-26-16(9)18(21,22)23)10-6-7-14(13(20)8-10)24-17(27)11-4-2-3-5-12(11)19/h2-8H,1H3,(H,24,27)(H,25,26). The molecule has 1 aromatic heterocycles. The Kier molecular flexibility index (Phi) is 4.69. The van der Waals surface area contributed by atoms with E-state index in [1.165, 1.54) is 37.3 Å². The van der Waals surface area contributed by atoms with E-state index in [0.29, 0.717) is 0 Å². The van der Waals surface area contributed by atoms with Crippen LogP contribution in [0.4, 0.5) is 27.6 Å². The summed E-state index contributed by atoms with van der Waals surface area (Å²) in [7, 11) is 0. The Morgan fingerprint density at radius 1 is 1.07 bits per heavy atom. The molecule has 0 saturated heterocycles. The van der Waals surface area contributed by atoms with Gasteiger partial charge in [-0.15, -0.1) is 0 Å². The zero-order valence-corrected chi connectivity index (χ0v) is 13.8. The maximum atomic E-state index is 14.3. The fourth-order valence-electron chi connectivity index (χ4n) is 2.56. The molecule has 140 valence electrons. The van der Waals surface area contributed by atoms with Gasteiger partial charge in [0.25, 0.3) is 5.91 Å². The third-order valence-electron chi connectivity index (χ3n) is 3.90. The molecule has 0 fully saturated rings. The first kappa shape index (κ1) is 18.6. The lowest BCUT2D eigenvalue weighted by molar-refractivity contribution is -0.141. The quantitative estimate of drug-likeness (QED) is 0.632.